The molecule has 0 aliphatic carbocycles. The van der Waals surface area contributed by atoms with Crippen molar-refractivity contribution in [1.82, 2.24) is 19.8 Å². The molecule has 2 unspecified atom stereocenters. The molecule has 3 aromatic rings. The second kappa shape index (κ2) is 10.4. The molecule has 188 valence electrons. The van der Waals surface area contributed by atoms with Crippen LogP contribution in [0.4, 0.5) is 10.5 Å². The monoisotopic (exact) mass is 485 g/mol. The highest BCUT2D eigenvalue weighted by Crippen LogP contribution is 2.38. The van der Waals surface area contributed by atoms with E-state index >= 15 is 0 Å². The van der Waals surface area contributed by atoms with Crippen molar-refractivity contribution in [1.29, 1.82) is 0 Å². The molecule has 35 heavy (non-hydrogen) atoms. The van der Waals surface area contributed by atoms with E-state index in [0.29, 0.717) is 36.2 Å². The SMILES string of the molecule is CCOC(=O)N(c1c(C(=O)N(C)OC)oc2ccc(-c3cnn(C)c3)nc12)C1CCOC(CC)C1. The Morgan fingerprint density at radius 3 is 2.74 bits per heavy atom. The second-order valence-corrected chi connectivity index (χ2v) is 8.36. The van der Waals surface area contributed by atoms with Gasteiger partial charge in [0.25, 0.3) is 0 Å². The van der Waals surface area contributed by atoms with Crippen LogP contribution in [0.3, 0.4) is 0 Å². The summed E-state index contributed by atoms with van der Waals surface area (Å²) < 4.78 is 19.0. The van der Waals surface area contributed by atoms with Crippen LogP contribution in [0.5, 0.6) is 0 Å². The van der Waals surface area contributed by atoms with E-state index in [0.717, 1.165) is 17.0 Å². The highest BCUT2D eigenvalue weighted by atomic mass is 16.7. The number of carbonyl (C=O) groups excluding carboxylic acids is 2. The number of aryl methyl sites for hydroxylation is 1. The average Bonchev–Trinajstić information content (AvgIpc) is 3.47. The number of rotatable bonds is 7. The molecule has 0 aromatic carbocycles. The molecular weight excluding hydrogens is 454 g/mol. The predicted molar refractivity (Wildman–Crippen MR) is 128 cm³/mol. The van der Waals surface area contributed by atoms with E-state index in [1.165, 1.54) is 19.1 Å². The Balaban J connectivity index is 1.93. The van der Waals surface area contributed by atoms with Crippen molar-refractivity contribution in [3.63, 3.8) is 0 Å². The number of hydrogen-bond donors (Lipinski definition) is 0. The third-order valence-electron chi connectivity index (χ3n) is 6.13. The Hall–Kier alpha value is -3.44. The van der Waals surface area contributed by atoms with Gasteiger partial charge in [0.15, 0.2) is 5.58 Å². The lowest BCUT2D eigenvalue weighted by Crippen LogP contribution is -2.47. The van der Waals surface area contributed by atoms with Crippen molar-refractivity contribution in [2.24, 2.45) is 7.05 Å². The molecule has 11 heteroatoms. The van der Waals surface area contributed by atoms with Gasteiger partial charge < -0.3 is 13.9 Å². The number of hydrogen-bond acceptors (Lipinski definition) is 8. The van der Waals surface area contributed by atoms with Crippen LogP contribution in [-0.4, -0.2) is 71.3 Å². The lowest BCUT2D eigenvalue weighted by molar-refractivity contribution is -0.0772. The first-order chi connectivity index (χ1) is 16.9. The summed E-state index contributed by atoms with van der Waals surface area (Å²) in [6, 6.07) is 3.26. The minimum absolute atomic E-state index is 0.0106. The van der Waals surface area contributed by atoms with Gasteiger partial charge in [-0.1, -0.05) is 6.92 Å². The number of fused-ring (bicyclic) bond motifs is 1. The van der Waals surface area contributed by atoms with Crippen LogP contribution in [0.1, 0.15) is 43.7 Å². The summed E-state index contributed by atoms with van der Waals surface area (Å²) in [7, 11) is 4.68. The zero-order valence-electron chi connectivity index (χ0n) is 20.7. The lowest BCUT2D eigenvalue weighted by atomic mass is 9.99. The number of anilines is 1. The van der Waals surface area contributed by atoms with E-state index < -0.39 is 12.0 Å². The smallest absolute Gasteiger partial charge is 0.414 e. The number of amides is 2. The zero-order valence-corrected chi connectivity index (χ0v) is 20.7. The van der Waals surface area contributed by atoms with Gasteiger partial charge in [0, 0.05) is 38.5 Å². The van der Waals surface area contributed by atoms with Gasteiger partial charge in [-0.15, -0.1) is 0 Å². The van der Waals surface area contributed by atoms with Crippen LogP contribution in [-0.2, 0) is 21.4 Å². The number of pyridine rings is 1. The maximum absolute atomic E-state index is 13.4. The average molecular weight is 486 g/mol. The fraction of sp³-hybridized carbons (Fsp3) is 0.500. The Morgan fingerprint density at radius 1 is 1.29 bits per heavy atom. The molecule has 0 bridgehead atoms. The van der Waals surface area contributed by atoms with E-state index in [4.69, 9.17) is 23.7 Å². The predicted octanol–water partition coefficient (Wildman–Crippen LogP) is 3.78. The highest BCUT2D eigenvalue weighted by molar-refractivity contribution is 6.09. The van der Waals surface area contributed by atoms with Gasteiger partial charge in [-0.2, -0.15) is 5.10 Å². The van der Waals surface area contributed by atoms with E-state index in [2.05, 4.69) is 5.10 Å². The van der Waals surface area contributed by atoms with Crippen molar-refractivity contribution in [2.75, 3.05) is 32.3 Å². The van der Waals surface area contributed by atoms with E-state index in [1.54, 1.807) is 29.9 Å². The summed E-state index contributed by atoms with van der Waals surface area (Å²) in [5.41, 5.74) is 2.44. The number of ether oxygens (including phenoxy) is 2. The Morgan fingerprint density at radius 2 is 2.09 bits per heavy atom. The minimum atomic E-state index is -0.570. The number of aromatic nitrogens is 3. The molecule has 2 amide bonds. The number of nitrogens with zero attached hydrogens (tertiary/aromatic N) is 5. The molecule has 1 aliphatic rings. The Labute approximate surface area is 203 Å². The van der Waals surface area contributed by atoms with Gasteiger partial charge in [0.05, 0.1) is 31.7 Å². The molecule has 1 fully saturated rings. The molecule has 2 atom stereocenters. The molecule has 4 rings (SSSR count). The zero-order chi connectivity index (χ0) is 25.1. The van der Waals surface area contributed by atoms with Crippen molar-refractivity contribution >= 4 is 28.8 Å². The van der Waals surface area contributed by atoms with Crippen LogP contribution in [0, 0.1) is 0 Å². The summed E-state index contributed by atoms with van der Waals surface area (Å²) in [6.45, 7) is 4.46. The third kappa shape index (κ3) is 4.87. The molecule has 4 heterocycles. The van der Waals surface area contributed by atoms with Crippen LogP contribution >= 0.6 is 0 Å². The molecule has 3 aromatic heterocycles. The van der Waals surface area contributed by atoms with Gasteiger partial charge in [-0.25, -0.2) is 14.8 Å². The maximum atomic E-state index is 13.4. The summed E-state index contributed by atoms with van der Waals surface area (Å²) in [4.78, 5) is 38.1. The van der Waals surface area contributed by atoms with Crippen LogP contribution in [0.25, 0.3) is 22.4 Å². The number of furan rings is 1. The molecular formula is C24H31N5O6. The van der Waals surface area contributed by atoms with Gasteiger partial charge in [0.1, 0.15) is 11.2 Å². The first kappa shape index (κ1) is 24.7. The third-order valence-corrected chi connectivity index (χ3v) is 6.13. The van der Waals surface area contributed by atoms with Crippen molar-refractivity contribution in [2.45, 2.75) is 45.3 Å². The summed E-state index contributed by atoms with van der Waals surface area (Å²) in [5.74, 6) is -0.593. The largest absolute Gasteiger partial charge is 0.449 e. The number of carbonyl (C=O) groups is 2. The van der Waals surface area contributed by atoms with Crippen molar-refractivity contribution in [3.8, 4) is 11.3 Å². The van der Waals surface area contributed by atoms with E-state index in [1.807, 2.05) is 20.2 Å². The van der Waals surface area contributed by atoms with Crippen LogP contribution in [0.2, 0.25) is 0 Å². The first-order valence-corrected chi connectivity index (χ1v) is 11.7. The molecule has 0 radical (unpaired) electrons. The summed E-state index contributed by atoms with van der Waals surface area (Å²) in [5, 5.41) is 5.27. The first-order valence-electron chi connectivity index (χ1n) is 11.7. The number of hydroxylamine groups is 2. The van der Waals surface area contributed by atoms with Gasteiger partial charge in [-0.3, -0.25) is 19.2 Å². The van der Waals surface area contributed by atoms with Crippen LogP contribution < -0.4 is 4.90 Å². The Bertz CT molecular complexity index is 1200. The van der Waals surface area contributed by atoms with E-state index in [9.17, 15) is 9.59 Å². The Kier molecular flexibility index (Phi) is 7.37. The summed E-state index contributed by atoms with van der Waals surface area (Å²) >= 11 is 0. The second-order valence-electron chi connectivity index (χ2n) is 8.36. The fourth-order valence-corrected chi connectivity index (χ4v) is 4.27. The topological polar surface area (TPSA) is 112 Å². The standard InChI is InChI=1S/C24H31N5O6/c1-6-17-12-16(10-11-34-17)29(24(31)33-7-2)21-20-19(35-22(21)23(30)28(4)32-5)9-8-18(26-20)15-13-25-27(3)14-15/h8-9,13-14,16-17H,6-7,10-12H2,1-5H3. The maximum Gasteiger partial charge on any atom is 0.414 e. The van der Waals surface area contributed by atoms with E-state index in [-0.39, 0.29) is 30.2 Å². The van der Waals surface area contributed by atoms with Crippen LogP contribution in [0.15, 0.2) is 28.9 Å². The molecule has 1 aliphatic heterocycles. The lowest BCUT2D eigenvalue weighted by Gasteiger charge is -2.36. The molecule has 0 spiro atoms. The van der Waals surface area contributed by atoms with Crippen molar-refractivity contribution < 1.29 is 28.3 Å². The van der Waals surface area contributed by atoms with Gasteiger partial charge in [0.2, 0.25) is 5.76 Å². The van der Waals surface area contributed by atoms with Gasteiger partial charge >= 0.3 is 12.0 Å². The van der Waals surface area contributed by atoms with Gasteiger partial charge in [-0.05, 0) is 38.3 Å². The summed E-state index contributed by atoms with van der Waals surface area (Å²) in [6.07, 6.45) is 4.94. The minimum Gasteiger partial charge on any atom is -0.449 e. The fourth-order valence-electron chi connectivity index (χ4n) is 4.27. The molecule has 1 saturated heterocycles. The molecule has 0 N–H and O–H groups in total. The molecule has 0 saturated carbocycles. The highest BCUT2D eigenvalue weighted by Gasteiger charge is 2.38. The molecule has 11 nitrogen and oxygen atoms in total. The van der Waals surface area contributed by atoms with Crippen molar-refractivity contribution in [3.05, 3.63) is 30.3 Å². The quantitative estimate of drug-likeness (QED) is 0.465. The normalized spacial score (nSPS) is 18.0.